The van der Waals surface area contributed by atoms with Gasteiger partial charge in [0.05, 0.1) is 16.7 Å². The number of hydrogen-bond donors (Lipinski definition) is 1. The maximum Gasteiger partial charge on any atom is 0.185 e. The minimum Gasteiger partial charge on any atom is -0.388 e. The lowest BCUT2D eigenvalue weighted by Crippen LogP contribution is -2.21. The zero-order valence-electron chi connectivity index (χ0n) is 9.36. The molecule has 2 rings (SSSR count). The molecule has 15 heavy (non-hydrogen) atoms. The van der Waals surface area contributed by atoms with Crippen molar-refractivity contribution in [3.63, 3.8) is 0 Å². The first-order valence-corrected chi connectivity index (χ1v) is 6.50. The number of nitrogens with zero attached hydrogens (tertiary/aromatic N) is 2. The molecule has 1 aliphatic rings. The Morgan fingerprint density at radius 1 is 1.47 bits per heavy atom. The van der Waals surface area contributed by atoms with E-state index in [2.05, 4.69) is 23.7 Å². The zero-order valence-corrected chi connectivity index (χ0v) is 10.2. The first-order valence-electron chi connectivity index (χ1n) is 5.68. The second kappa shape index (κ2) is 4.49. The maximum atomic E-state index is 9.85. The molecule has 0 amide bonds. The molecular formula is C11H18N2OS. The van der Waals surface area contributed by atoms with E-state index >= 15 is 0 Å². The minimum absolute atomic E-state index is 0.268. The van der Waals surface area contributed by atoms with Gasteiger partial charge in [-0.3, -0.25) is 0 Å². The Morgan fingerprint density at radius 2 is 2.20 bits per heavy atom. The van der Waals surface area contributed by atoms with Crippen LogP contribution in [0.25, 0.3) is 0 Å². The summed E-state index contributed by atoms with van der Waals surface area (Å²) in [7, 11) is 0. The molecule has 1 aromatic heterocycles. The van der Waals surface area contributed by atoms with Crippen LogP contribution in [-0.4, -0.2) is 23.2 Å². The van der Waals surface area contributed by atoms with Gasteiger partial charge in [-0.25, -0.2) is 4.98 Å². The van der Waals surface area contributed by atoms with Gasteiger partial charge in [0, 0.05) is 13.1 Å². The minimum atomic E-state index is -0.268. The van der Waals surface area contributed by atoms with Gasteiger partial charge in [-0.1, -0.05) is 11.3 Å². The summed E-state index contributed by atoms with van der Waals surface area (Å²) in [4.78, 5) is 7.97. The Bertz CT molecular complexity index is 333. The van der Waals surface area contributed by atoms with E-state index in [0.29, 0.717) is 0 Å². The number of anilines is 1. The van der Waals surface area contributed by atoms with Gasteiger partial charge in [-0.15, -0.1) is 0 Å². The van der Waals surface area contributed by atoms with Crippen molar-refractivity contribution in [1.82, 2.24) is 4.98 Å². The van der Waals surface area contributed by atoms with Crippen LogP contribution in [0, 0.1) is 0 Å². The van der Waals surface area contributed by atoms with E-state index in [0.717, 1.165) is 48.1 Å². The number of aliphatic hydroxyl groups excluding tert-OH is 1. The van der Waals surface area contributed by atoms with Gasteiger partial charge in [0.25, 0.3) is 0 Å². The van der Waals surface area contributed by atoms with E-state index in [1.807, 2.05) is 0 Å². The average molecular weight is 226 g/mol. The molecule has 0 bridgehead atoms. The summed E-state index contributed by atoms with van der Waals surface area (Å²) < 4.78 is 0. The van der Waals surface area contributed by atoms with Gasteiger partial charge < -0.3 is 10.0 Å². The molecule has 1 aromatic rings. The monoisotopic (exact) mass is 226 g/mol. The zero-order chi connectivity index (χ0) is 10.8. The van der Waals surface area contributed by atoms with E-state index < -0.39 is 0 Å². The predicted molar refractivity (Wildman–Crippen MR) is 63.6 cm³/mol. The van der Waals surface area contributed by atoms with Gasteiger partial charge in [0.2, 0.25) is 0 Å². The summed E-state index contributed by atoms with van der Waals surface area (Å²) in [5.74, 6) is 0. The maximum absolute atomic E-state index is 9.85. The third-order valence-electron chi connectivity index (χ3n) is 2.94. The fourth-order valence-corrected chi connectivity index (χ4v) is 3.27. The van der Waals surface area contributed by atoms with Crippen LogP contribution in [0.4, 0.5) is 5.13 Å². The molecule has 0 aromatic carbocycles. The standard InChI is InChI=1S/C11H18N2OS/c1-3-13(4-2)11-12-8-6-5-7-9(14)10(8)15-11/h9,14H,3-7H2,1-2H3. The van der Waals surface area contributed by atoms with Gasteiger partial charge >= 0.3 is 0 Å². The first-order chi connectivity index (χ1) is 7.26. The van der Waals surface area contributed by atoms with Crippen LogP contribution >= 0.6 is 11.3 Å². The summed E-state index contributed by atoms with van der Waals surface area (Å²) in [5.41, 5.74) is 1.13. The molecule has 1 atom stereocenters. The fourth-order valence-electron chi connectivity index (χ4n) is 2.01. The summed E-state index contributed by atoms with van der Waals surface area (Å²) in [6.07, 6.45) is 2.72. The second-order valence-electron chi connectivity index (χ2n) is 3.89. The lowest BCUT2D eigenvalue weighted by molar-refractivity contribution is 0.160. The third kappa shape index (κ3) is 2.01. The van der Waals surface area contributed by atoms with Crippen molar-refractivity contribution in [1.29, 1.82) is 0 Å². The fraction of sp³-hybridized carbons (Fsp3) is 0.727. The van der Waals surface area contributed by atoms with Crippen molar-refractivity contribution in [3.05, 3.63) is 10.6 Å². The predicted octanol–water partition coefficient (Wildman–Crippen LogP) is 2.36. The van der Waals surface area contributed by atoms with Gasteiger partial charge in [-0.05, 0) is 33.1 Å². The highest BCUT2D eigenvalue weighted by Gasteiger charge is 2.23. The van der Waals surface area contributed by atoms with Crippen molar-refractivity contribution in [2.24, 2.45) is 0 Å². The largest absolute Gasteiger partial charge is 0.388 e. The molecule has 1 aliphatic carbocycles. The first kappa shape index (κ1) is 10.9. The van der Waals surface area contributed by atoms with Crippen LogP contribution < -0.4 is 4.90 Å². The van der Waals surface area contributed by atoms with Crippen LogP contribution in [0.5, 0.6) is 0 Å². The van der Waals surface area contributed by atoms with Crippen LogP contribution in [0.3, 0.4) is 0 Å². The summed E-state index contributed by atoms with van der Waals surface area (Å²) in [6, 6.07) is 0. The number of aromatic nitrogens is 1. The Balaban J connectivity index is 2.28. The Hall–Kier alpha value is -0.610. The van der Waals surface area contributed by atoms with Gasteiger partial charge in [0.15, 0.2) is 5.13 Å². The normalized spacial score (nSPS) is 20.1. The van der Waals surface area contributed by atoms with Crippen LogP contribution in [0.15, 0.2) is 0 Å². The number of aliphatic hydroxyl groups is 1. The van der Waals surface area contributed by atoms with Crippen molar-refractivity contribution in [2.45, 2.75) is 39.2 Å². The topological polar surface area (TPSA) is 36.4 Å². The van der Waals surface area contributed by atoms with Crippen LogP contribution in [0.2, 0.25) is 0 Å². The molecule has 3 nitrogen and oxygen atoms in total. The number of rotatable bonds is 3. The average Bonchev–Trinajstić information content (AvgIpc) is 2.65. The highest BCUT2D eigenvalue weighted by atomic mass is 32.1. The Morgan fingerprint density at radius 3 is 2.80 bits per heavy atom. The van der Waals surface area contributed by atoms with Crippen LogP contribution in [-0.2, 0) is 6.42 Å². The van der Waals surface area contributed by atoms with Crippen molar-refractivity contribution in [3.8, 4) is 0 Å². The number of fused-ring (bicyclic) bond motifs is 1. The molecule has 4 heteroatoms. The molecule has 0 fully saturated rings. The molecule has 0 spiro atoms. The van der Waals surface area contributed by atoms with Crippen LogP contribution in [0.1, 0.15) is 43.4 Å². The lowest BCUT2D eigenvalue weighted by Gasteiger charge is -2.16. The molecule has 84 valence electrons. The van der Waals surface area contributed by atoms with E-state index in [-0.39, 0.29) is 6.10 Å². The number of aryl methyl sites for hydroxylation is 1. The molecule has 1 heterocycles. The highest BCUT2D eigenvalue weighted by Crippen LogP contribution is 2.37. The lowest BCUT2D eigenvalue weighted by atomic mass is 10.0. The second-order valence-corrected chi connectivity index (χ2v) is 4.90. The van der Waals surface area contributed by atoms with Crippen molar-refractivity contribution < 1.29 is 5.11 Å². The Kier molecular flexibility index (Phi) is 3.26. The summed E-state index contributed by atoms with van der Waals surface area (Å²) in [5, 5.41) is 10.9. The molecule has 1 N–H and O–H groups in total. The molecule has 0 saturated heterocycles. The summed E-state index contributed by atoms with van der Waals surface area (Å²) in [6.45, 7) is 6.25. The Labute approximate surface area is 94.8 Å². The van der Waals surface area contributed by atoms with E-state index in [4.69, 9.17) is 0 Å². The molecule has 0 radical (unpaired) electrons. The number of thiazole rings is 1. The molecule has 0 saturated carbocycles. The molecule has 1 unspecified atom stereocenters. The SMILES string of the molecule is CCN(CC)c1nc2c(s1)C(O)CCC2. The van der Waals surface area contributed by atoms with E-state index in [1.165, 1.54) is 0 Å². The van der Waals surface area contributed by atoms with Gasteiger partial charge in [0.1, 0.15) is 0 Å². The summed E-state index contributed by atoms with van der Waals surface area (Å²) >= 11 is 1.67. The number of hydrogen-bond acceptors (Lipinski definition) is 4. The quantitative estimate of drug-likeness (QED) is 0.859. The van der Waals surface area contributed by atoms with Crippen molar-refractivity contribution in [2.75, 3.05) is 18.0 Å². The van der Waals surface area contributed by atoms with Crippen molar-refractivity contribution >= 4 is 16.5 Å². The van der Waals surface area contributed by atoms with E-state index in [9.17, 15) is 5.11 Å². The van der Waals surface area contributed by atoms with Gasteiger partial charge in [-0.2, -0.15) is 0 Å². The molecular weight excluding hydrogens is 208 g/mol. The highest BCUT2D eigenvalue weighted by molar-refractivity contribution is 7.15. The third-order valence-corrected chi connectivity index (χ3v) is 4.20. The molecule has 0 aliphatic heterocycles. The smallest absolute Gasteiger partial charge is 0.185 e. The van der Waals surface area contributed by atoms with E-state index in [1.54, 1.807) is 11.3 Å².